The molecule has 1 saturated heterocycles. The van der Waals surface area contributed by atoms with Crippen molar-refractivity contribution in [1.82, 2.24) is 4.90 Å². The van der Waals surface area contributed by atoms with Gasteiger partial charge in [-0.15, -0.1) is 0 Å². The third kappa shape index (κ3) is 2.29. The molecule has 0 radical (unpaired) electrons. The second-order valence-corrected chi connectivity index (χ2v) is 5.44. The Kier molecular flexibility index (Phi) is 3.48. The number of nitrogens with two attached hydrogens (primary N) is 1. The first kappa shape index (κ1) is 13.1. The van der Waals surface area contributed by atoms with Gasteiger partial charge in [0.15, 0.2) is 0 Å². The maximum Gasteiger partial charge on any atom is 0.148 e. The van der Waals surface area contributed by atoms with E-state index < -0.39 is 0 Å². The van der Waals surface area contributed by atoms with Crippen molar-refractivity contribution in [1.29, 1.82) is 0 Å². The Morgan fingerprint density at radius 2 is 1.78 bits per heavy atom. The number of hydrogen-bond donors (Lipinski definition) is 1. The minimum absolute atomic E-state index is 0.212. The quantitative estimate of drug-likeness (QED) is 0.777. The summed E-state index contributed by atoms with van der Waals surface area (Å²) in [5.74, 6) is -0.212. The topological polar surface area (TPSA) is 32.5 Å². The van der Waals surface area contributed by atoms with Gasteiger partial charge in [0.1, 0.15) is 5.82 Å². The number of hydrogen-bond acceptors (Lipinski definition) is 3. The Morgan fingerprint density at radius 3 is 2.28 bits per heavy atom. The summed E-state index contributed by atoms with van der Waals surface area (Å²) in [5, 5.41) is 0. The summed E-state index contributed by atoms with van der Waals surface area (Å²) in [6.07, 6.45) is 0. The van der Waals surface area contributed by atoms with Crippen molar-refractivity contribution in [2.75, 3.05) is 30.8 Å². The third-order valence-electron chi connectivity index (χ3n) is 3.95. The van der Waals surface area contributed by atoms with E-state index in [0.29, 0.717) is 23.5 Å². The van der Waals surface area contributed by atoms with Crippen molar-refractivity contribution in [2.24, 2.45) is 0 Å². The third-order valence-corrected chi connectivity index (χ3v) is 3.95. The molecule has 18 heavy (non-hydrogen) atoms. The maximum atomic E-state index is 14.1. The summed E-state index contributed by atoms with van der Waals surface area (Å²) >= 11 is 0. The number of likely N-dealkylation sites (N-methyl/N-ethyl adjacent to an activating group) is 1. The number of nitrogens with zero attached hydrogens (tertiary/aromatic N) is 2. The van der Waals surface area contributed by atoms with Crippen molar-refractivity contribution < 1.29 is 4.39 Å². The second-order valence-electron chi connectivity index (χ2n) is 5.44. The monoisotopic (exact) mass is 251 g/mol. The molecule has 4 heteroatoms. The lowest BCUT2D eigenvalue weighted by atomic mass is 10.1. The van der Waals surface area contributed by atoms with Crippen LogP contribution in [0, 0.1) is 12.7 Å². The van der Waals surface area contributed by atoms with Gasteiger partial charge < -0.3 is 10.6 Å². The van der Waals surface area contributed by atoms with Crippen molar-refractivity contribution >= 4 is 11.4 Å². The van der Waals surface area contributed by atoms with Crippen LogP contribution in [-0.2, 0) is 0 Å². The van der Waals surface area contributed by atoms with Crippen molar-refractivity contribution in [3.8, 4) is 0 Å². The van der Waals surface area contributed by atoms with Gasteiger partial charge in [-0.05, 0) is 45.5 Å². The van der Waals surface area contributed by atoms with E-state index >= 15 is 0 Å². The molecule has 0 saturated carbocycles. The Hall–Kier alpha value is -1.29. The molecule has 1 aromatic rings. The van der Waals surface area contributed by atoms with Gasteiger partial charge in [-0.25, -0.2) is 4.39 Å². The predicted molar refractivity (Wildman–Crippen MR) is 74.4 cm³/mol. The average Bonchev–Trinajstić information content (AvgIpc) is 2.24. The van der Waals surface area contributed by atoms with E-state index in [1.807, 2.05) is 13.0 Å². The molecule has 1 aliphatic rings. The van der Waals surface area contributed by atoms with E-state index in [2.05, 4.69) is 30.7 Å². The molecule has 2 rings (SSSR count). The second kappa shape index (κ2) is 4.76. The highest BCUT2D eigenvalue weighted by atomic mass is 19.1. The highest BCUT2D eigenvalue weighted by Gasteiger charge is 2.28. The lowest BCUT2D eigenvalue weighted by molar-refractivity contribution is 0.169. The minimum atomic E-state index is -0.212. The molecule has 0 amide bonds. The molecule has 0 aliphatic carbocycles. The van der Waals surface area contributed by atoms with Gasteiger partial charge in [0.05, 0.1) is 5.69 Å². The number of piperazine rings is 1. The first-order valence-corrected chi connectivity index (χ1v) is 6.42. The number of rotatable bonds is 1. The van der Waals surface area contributed by atoms with Crippen LogP contribution in [0.2, 0.25) is 0 Å². The van der Waals surface area contributed by atoms with Gasteiger partial charge >= 0.3 is 0 Å². The molecule has 2 atom stereocenters. The number of halogens is 1. The lowest BCUT2D eigenvalue weighted by Crippen LogP contribution is -2.55. The summed E-state index contributed by atoms with van der Waals surface area (Å²) < 4.78 is 14.1. The van der Waals surface area contributed by atoms with Crippen molar-refractivity contribution in [3.63, 3.8) is 0 Å². The Bertz CT molecular complexity index is 412. The van der Waals surface area contributed by atoms with Crippen LogP contribution in [0.15, 0.2) is 12.1 Å². The summed E-state index contributed by atoms with van der Waals surface area (Å²) in [4.78, 5) is 4.47. The van der Waals surface area contributed by atoms with Gasteiger partial charge in [-0.1, -0.05) is 0 Å². The molecule has 0 spiro atoms. The summed E-state index contributed by atoms with van der Waals surface area (Å²) in [5.41, 5.74) is 7.78. The molecular weight excluding hydrogens is 229 g/mol. The molecular formula is C14H22FN3. The van der Waals surface area contributed by atoms with Gasteiger partial charge in [-0.2, -0.15) is 0 Å². The molecule has 1 fully saturated rings. The zero-order valence-corrected chi connectivity index (χ0v) is 11.6. The van der Waals surface area contributed by atoms with E-state index in [-0.39, 0.29) is 5.82 Å². The SMILES string of the molecule is Cc1cc(N)cc(F)c1N1C[C@@H](C)N(C)[C@@H](C)C1. The van der Waals surface area contributed by atoms with Crippen LogP contribution in [0.25, 0.3) is 0 Å². The highest BCUT2D eigenvalue weighted by Crippen LogP contribution is 2.29. The Morgan fingerprint density at radius 1 is 1.22 bits per heavy atom. The fourth-order valence-electron chi connectivity index (χ4n) is 2.75. The smallest absolute Gasteiger partial charge is 0.148 e. The van der Waals surface area contributed by atoms with Gasteiger partial charge in [0.2, 0.25) is 0 Å². The first-order valence-electron chi connectivity index (χ1n) is 6.42. The molecule has 3 nitrogen and oxygen atoms in total. The van der Waals surface area contributed by atoms with Crippen molar-refractivity contribution in [3.05, 3.63) is 23.5 Å². The van der Waals surface area contributed by atoms with Crippen LogP contribution in [0.5, 0.6) is 0 Å². The normalized spacial score (nSPS) is 25.5. The molecule has 1 aliphatic heterocycles. The van der Waals surface area contributed by atoms with E-state index in [9.17, 15) is 4.39 Å². The zero-order valence-electron chi connectivity index (χ0n) is 11.6. The predicted octanol–water partition coefficient (Wildman–Crippen LogP) is 2.25. The largest absolute Gasteiger partial charge is 0.399 e. The van der Waals surface area contributed by atoms with Gasteiger partial charge in [-0.3, -0.25) is 4.90 Å². The minimum Gasteiger partial charge on any atom is -0.399 e. The van der Waals surface area contributed by atoms with Crippen LogP contribution in [0.4, 0.5) is 15.8 Å². The van der Waals surface area contributed by atoms with E-state index in [1.54, 1.807) is 0 Å². The van der Waals surface area contributed by atoms with Gasteiger partial charge in [0, 0.05) is 30.9 Å². The van der Waals surface area contributed by atoms with E-state index in [4.69, 9.17) is 5.73 Å². The molecule has 2 N–H and O–H groups in total. The number of anilines is 2. The highest BCUT2D eigenvalue weighted by molar-refractivity contribution is 5.60. The number of benzene rings is 1. The van der Waals surface area contributed by atoms with Crippen LogP contribution in [-0.4, -0.2) is 37.1 Å². The van der Waals surface area contributed by atoms with Crippen LogP contribution >= 0.6 is 0 Å². The first-order chi connectivity index (χ1) is 8.40. The summed E-state index contributed by atoms with van der Waals surface area (Å²) in [6.45, 7) is 7.97. The summed E-state index contributed by atoms with van der Waals surface area (Å²) in [7, 11) is 2.12. The standard InChI is InChI=1S/C14H22FN3/c1-9-5-12(16)6-13(15)14(9)18-7-10(2)17(4)11(3)8-18/h5-6,10-11H,7-8,16H2,1-4H3/t10-,11+. The van der Waals surface area contributed by atoms with Crippen molar-refractivity contribution in [2.45, 2.75) is 32.9 Å². The fourth-order valence-corrected chi connectivity index (χ4v) is 2.75. The average molecular weight is 251 g/mol. The fraction of sp³-hybridized carbons (Fsp3) is 0.571. The van der Waals surface area contributed by atoms with Crippen LogP contribution in [0.1, 0.15) is 19.4 Å². The summed E-state index contributed by atoms with van der Waals surface area (Å²) in [6, 6.07) is 4.09. The lowest BCUT2D eigenvalue weighted by Gasteiger charge is -2.44. The number of nitrogen functional groups attached to an aromatic ring is 1. The molecule has 0 aromatic heterocycles. The van der Waals surface area contributed by atoms with Crippen LogP contribution in [0.3, 0.4) is 0 Å². The molecule has 1 heterocycles. The Labute approximate surface area is 108 Å². The van der Waals surface area contributed by atoms with Crippen LogP contribution < -0.4 is 10.6 Å². The molecule has 0 unspecified atom stereocenters. The zero-order chi connectivity index (χ0) is 13.4. The molecule has 100 valence electrons. The van der Waals surface area contributed by atoms with Gasteiger partial charge in [0.25, 0.3) is 0 Å². The Balaban J connectivity index is 2.32. The molecule has 0 bridgehead atoms. The van der Waals surface area contributed by atoms with E-state index in [0.717, 1.165) is 18.7 Å². The molecule has 1 aromatic carbocycles. The maximum absolute atomic E-state index is 14.1. The van der Waals surface area contributed by atoms with E-state index in [1.165, 1.54) is 6.07 Å². The number of aryl methyl sites for hydroxylation is 1.